The van der Waals surface area contributed by atoms with Crippen molar-refractivity contribution >= 4 is 18.4 Å². The SMILES string of the molecule is O=C(Cc1ccc(F)cc1)P(=O)(O)C(=O)Cc1ccc(F)cc1. The maximum absolute atomic E-state index is 12.8. The summed E-state index contributed by atoms with van der Waals surface area (Å²) in [7, 11) is -4.69. The van der Waals surface area contributed by atoms with Crippen molar-refractivity contribution in [3.05, 3.63) is 71.3 Å². The lowest BCUT2D eigenvalue weighted by Crippen LogP contribution is -2.13. The Balaban J connectivity index is 2.08. The van der Waals surface area contributed by atoms with Crippen LogP contribution in [0.4, 0.5) is 8.78 Å². The van der Waals surface area contributed by atoms with Gasteiger partial charge in [-0.2, -0.15) is 0 Å². The molecule has 0 bridgehead atoms. The Hall–Kier alpha value is -2.17. The number of halogens is 2. The molecule has 0 aliphatic heterocycles. The number of carbonyl (C=O) groups excluding carboxylic acids is 2. The molecule has 23 heavy (non-hydrogen) atoms. The van der Waals surface area contributed by atoms with E-state index in [4.69, 9.17) is 0 Å². The highest BCUT2D eigenvalue weighted by Gasteiger charge is 2.36. The van der Waals surface area contributed by atoms with Gasteiger partial charge in [0.2, 0.25) is 11.0 Å². The summed E-state index contributed by atoms with van der Waals surface area (Å²) < 4.78 is 37.6. The second-order valence-corrected chi connectivity index (χ2v) is 7.12. The van der Waals surface area contributed by atoms with Crippen LogP contribution in [0.1, 0.15) is 11.1 Å². The van der Waals surface area contributed by atoms with Crippen molar-refractivity contribution in [1.29, 1.82) is 0 Å². The molecule has 0 aromatic heterocycles. The summed E-state index contributed by atoms with van der Waals surface area (Å²) in [6, 6.07) is 9.68. The van der Waals surface area contributed by atoms with E-state index < -0.39 is 42.9 Å². The molecule has 2 rings (SSSR count). The van der Waals surface area contributed by atoms with Crippen molar-refractivity contribution < 1.29 is 27.8 Å². The van der Waals surface area contributed by atoms with Crippen LogP contribution in [0.25, 0.3) is 0 Å². The summed E-state index contributed by atoms with van der Waals surface area (Å²) in [5, 5.41) is 0. The van der Waals surface area contributed by atoms with Crippen molar-refractivity contribution in [2.24, 2.45) is 0 Å². The predicted octanol–water partition coefficient (Wildman–Crippen LogP) is 3.07. The lowest BCUT2D eigenvalue weighted by atomic mass is 10.2. The van der Waals surface area contributed by atoms with Gasteiger partial charge in [-0.3, -0.25) is 14.2 Å². The summed E-state index contributed by atoms with van der Waals surface area (Å²) in [6.07, 6.45) is -0.883. The van der Waals surface area contributed by atoms with Gasteiger partial charge in [0.1, 0.15) is 11.6 Å². The summed E-state index contributed by atoms with van der Waals surface area (Å²) in [5.41, 5.74) is -1.56. The first-order chi connectivity index (χ1) is 10.8. The number of rotatable bonds is 6. The Bertz CT molecular complexity index is 706. The molecule has 0 radical (unpaired) electrons. The van der Waals surface area contributed by atoms with Crippen molar-refractivity contribution in [2.75, 3.05) is 0 Å². The highest BCUT2D eigenvalue weighted by molar-refractivity contribution is 7.89. The van der Waals surface area contributed by atoms with Crippen LogP contribution >= 0.6 is 7.37 Å². The van der Waals surface area contributed by atoms with Gasteiger partial charge in [0, 0.05) is 12.8 Å². The van der Waals surface area contributed by atoms with Crippen molar-refractivity contribution in [2.45, 2.75) is 12.8 Å². The van der Waals surface area contributed by atoms with Crippen LogP contribution in [0.15, 0.2) is 48.5 Å². The first-order valence-electron chi connectivity index (χ1n) is 6.67. The van der Waals surface area contributed by atoms with Gasteiger partial charge in [-0.15, -0.1) is 0 Å². The van der Waals surface area contributed by atoms with Gasteiger partial charge in [-0.1, -0.05) is 24.3 Å². The second kappa shape index (κ2) is 6.94. The molecule has 0 saturated carbocycles. The molecular formula is C16H13F2O4P. The molecule has 0 atom stereocenters. The second-order valence-electron chi connectivity index (χ2n) is 4.97. The highest BCUT2D eigenvalue weighted by atomic mass is 31.2. The van der Waals surface area contributed by atoms with E-state index in [0.717, 1.165) is 24.3 Å². The molecule has 1 N–H and O–H groups in total. The number of hydrogen-bond acceptors (Lipinski definition) is 3. The summed E-state index contributed by atoms with van der Waals surface area (Å²) in [6.45, 7) is 0. The normalized spacial score (nSPS) is 11.3. The summed E-state index contributed by atoms with van der Waals surface area (Å²) in [4.78, 5) is 33.6. The van der Waals surface area contributed by atoms with Gasteiger partial charge in [0.25, 0.3) is 0 Å². The van der Waals surface area contributed by atoms with Gasteiger partial charge in [-0.25, -0.2) is 8.78 Å². The Labute approximate surface area is 131 Å². The summed E-state index contributed by atoms with van der Waals surface area (Å²) in [5.74, 6) is -0.999. The van der Waals surface area contributed by atoms with Crippen LogP contribution < -0.4 is 0 Å². The highest BCUT2D eigenvalue weighted by Crippen LogP contribution is 2.44. The van der Waals surface area contributed by atoms with Gasteiger partial charge >= 0.3 is 7.37 Å². The molecule has 0 fully saturated rings. The maximum atomic E-state index is 12.8. The third-order valence-corrected chi connectivity index (χ3v) is 4.88. The molecule has 0 heterocycles. The first kappa shape index (κ1) is 17.2. The molecule has 0 spiro atoms. The molecule has 0 aliphatic carbocycles. The molecule has 0 amide bonds. The van der Waals surface area contributed by atoms with E-state index >= 15 is 0 Å². The van der Waals surface area contributed by atoms with Crippen LogP contribution in [0.3, 0.4) is 0 Å². The standard InChI is InChI=1S/C16H13F2O4P/c17-13-5-1-11(2-6-13)9-15(19)23(21,22)16(20)10-12-3-7-14(18)8-4-12/h1-8H,9-10H2,(H,21,22). The van der Waals surface area contributed by atoms with E-state index in [1.165, 1.54) is 24.3 Å². The zero-order valence-corrected chi connectivity index (χ0v) is 12.8. The van der Waals surface area contributed by atoms with Crippen molar-refractivity contribution in [3.63, 3.8) is 0 Å². The fourth-order valence-electron chi connectivity index (χ4n) is 1.91. The van der Waals surface area contributed by atoms with Crippen molar-refractivity contribution in [1.82, 2.24) is 0 Å². The topological polar surface area (TPSA) is 71.4 Å². The Morgan fingerprint density at radius 3 is 1.39 bits per heavy atom. The molecule has 2 aromatic rings. The minimum atomic E-state index is -4.69. The number of benzene rings is 2. The lowest BCUT2D eigenvalue weighted by Gasteiger charge is -2.09. The van der Waals surface area contributed by atoms with Crippen LogP contribution in [0.5, 0.6) is 0 Å². The van der Waals surface area contributed by atoms with Gasteiger partial charge in [-0.05, 0) is 35.4 Å². The Morgan fingerprint density at radius 1 is 0.783 bits per heavy atom. The summed E-state index contributed by atoms with van der Waals surface area (Å²) >= 11 is 0. The van der Waals surface area contributed by atoms with Gasteiger partial charge in [0.15, 0.2) is 0 Å². The van der Waals surface area contributed by atoms with E-state index in [-0.39, 0.29) is 0 Å². The predicted molar refractivity (Wildman–Crippen MR) is 80.0 cm³/mol. The van der Waals surface area contributed by atoms with E-state index in [1.807, 2.05) is 0 Å². The fraction of sp³-hybridized carbons (Fsp3) is 0.125. The molecule has 0 unspecified atom stereocenters. The van der Waals surface area contributed by atoms with Crippen LogP contribution in [-0.4, -0.2) is 15.9 Å². The van der Waals surface area contributed by atoms with E-state index in [0.29, 0.717) is 11.1 Å². The quantitative estimate of drug-likeness (QED) is 0.822. The number of hydrogen-bond donors (Lipinski definition) is 1. The molecule has 7 heteroatoms. The first-order valence-corrected chi connectivity index (χ1v) is 8.33. The zero-order chi connectivity index (χ0) is 17.0. The van der Waals surface area contributed by atoms with E-state index in [9.17, 15) is 27.8 Å². The van der Waals surface area contributed by atoms with Crippen molar-refractivity contribution in [3.8, 4) is 0 Å². The van der Waals surface area contributed by atoms with Crippen LogP contribution in [0, 0.1) is 11.6 Å². The fourth-order valence-corrected chi connectivity index (χ4v) is 2.98. The molecule has 2 aromatic carbocycles. The lowest BCUT2D eigenvalue weighted by molar-refractivity contribution is -0.115. The smallest absolute Gasteiger partial charge is 0.328 e. The third-order valence-electron chi connectivity index (χ3n) is 3.21. The number of carbonyl (C=O) groups is 2. The third kappa shape index (κ3) is 4.41. The minimum Gasteiger partial charge on any atom is -0.334 e. The molecule has 4 nitrogen and oxygen atoms in total. The molecule has 120 valence electrons. The van der Waals surface area contributed by atoms with Gasteiger partial charge < -0.3 is 4.89 Å². The zero-order valence-electron chi connectivity index (χ0n) is 11.9. The Morgan fingerprint density at radius 2 is 1.09 bits per heavy atom. The van der Waals surface area contributed by atoms with E-state index in [1.54, 1.807) is 0 Å². The van der Waals surface area contributed by atoms with E-state index in [2.05, 4.69) is 0 Å². The Kier molecular flexibility index (Phi) is 5.19. The molecule has 0 aliphatic rings. The van der Waals surface area contributed by atoms with Gasteiger partial charge in [0.05, 0.1) is 0 Å². The van der Waals surface area contributed by atoms with Crippen LogP contribution in [-0.2, 0) is 27.0 Å². The van der Waals surface area contributed by atoms with Crippen LogP contribution in [0.2, 0.25) is 0 Å². The molecular weight excluding hydrogens is 325 g/mol. The minimum absolute atomic E-state index is 0.334. The maximum Gasteiger partial charge on any atom is 0.328 e. The average molecular weight is 338 g/mol. The monoisotopic (exact) mass is 338 g/mol. The average Bonchev–Trinajstić information content (AvgIpc) is 2.51. The largest absolute Gasteiger partial charge is 0.334 e. The molecule has 0 saturated heterocycles.